The molecule has 8 heteroatoms. The number of benzene rings is 1. The lowest BCUT2D eigenvalue weighted by Crippen LogP contribution is -3.11. The fourth-order valence-corrected chi connectivity index (χ4v) is 4.11. The van der Waals surface area contributed by atoms with Crippen molar-refractivity contribution in [2.24, 2.45) is 0 Å². The molecular formula is C18H21ClN3O3S+. The second-order valence-electron chi connectivity index (χ2n) is 6.13. The van der Waals surface area contributed by atoms with Crippen molar-refractivity contribution in [1.82, 2.24) is 10.9 Å². The van der Waals surface area contributed by atoms with Gasteiger partial charge in [-0.05, 0) is 35.7 Å². The lowest BCUT2D eigenvalue weighted by Gasteiger charge is -2.20. The van der Waals surface area contributed by atoms with Gasteiger partial charge in [-0.3, -0.25) is 20.4 Å². The Morgan fingerprint density at radius 3 is 2.69 bits per heavy atom. The maximum Gasteiger partial charge on any atom is 0.293 e. The number of ether oxygens (including phenoxy) is 1. The molecule has 2 aromatic rings. The lowest BCUT2D eigenvalue weighted by molar-refractivity contribution is -0.910. The van der Waals surface area contributed by atoms with E-state index < -0.39 is 5.91 Å². The number of amides is 2. The number of quaternary nitrogens is 1. The van der Waals surface area contributed by atoms with Crippen LogP contribution in [0.15, 0.2) is 41.8 Å². The topological polar surface area (TPSA) is 71.9 Å². The highest BCUT2D eigenvalue weighted by Gasteiger charge is 2.32. The van der Waals surface area contributed by atoms with Crippen molar-refractivity contribution in [3.8, 4) is 5.75 Å². The molecule has 1 aliphatic heterocycles. The zero-order valence-corrected chi connectivity index (χ0v) is 15.7. The van der Waals surface area contributed by atoms with E-state index in [2.05, 4.69) is 22.3 Å². The summed E-state index contributed by atoms with van der Waals surface area (Å²) < 4.78 is 5.33. The van der Waals surface area contributed by atoms with Crippen LogP contribution in [0.25, 0.3) is 0 Å². The van der Waals surface area contributed by atoms with Gasteiger partial charge in [-0.1, -0.05) is 17.7 Å². The average molecular weight is 395 g/mol. The molecule has 3 N–H and O–H groups in total. The van der Waals surface area contributed by atoms with Gasteiger partial charge in [-0.15, -0.1) is 11.3 Å². The summed E-state index contributed by atoms with van der Waals surface area (Å²) in [6.45, 7) is 1.11. The summed E-state index contributed by atoms with van der Waals surface area (Å²) in [6, 6.07) is 11.2. The van der Waals surface area contributed by atoms with E-state index in [1.54, 1.807) is 35.6 Å². The molecule has 1 unspecified atom stereocenters. The van der Waals surface area contributed by atoms with Gasteiger partial charge < -0.3 is 9.64 Å². The summed E-state index contributed by atoms with van der Waals surface area (Å²) in [5.41, 5.74) is 4.85. The molecule has 0 saturated carbocycles. The Labute approximate surface area is 161 Å². The molecule has 0 aliphatic carbocycles. The summed E-state index contributed by atoms with van der Waals surface area (Å²) >= 11 is 7.52. The molecule has 26 heavy (non-hydrogen) atoms. The fourth-order valence-electron chi connectivity index (χ4n) is 3.06. The summed E-state index contributed by atoms with van der Waals surface area (Å²) in [5.74, 6) is -0.0843. The maximum atomic E-state index is 12.1. The first kappa shape index (κ1) is 18.7. The zero-order chi connectivity index (χ0) is 18.4. The van der Waals surface area contributed by atoms with Crippen LogP contribution in [-0.2, 0) is 9.59 Å². The van der Waals surface area contributed by atoms with Crippen molar-refractivity contribution in [3.63, 3.8) is 0 Å². The van der Waals surface area contributed by atoms with Crippen LogP contribution >= 0.6 is 22.9 Å². The molecular weight excluding hydrogens is 374 g/mol. The predicted octanol–water partition coefficient (Wildman–Crippen LogP) is 1.35. The van der Waals surface area contributed by atoms with Crippen molar-refractivity contribution in [1.29, 1.82) is 0 Å². The minimum atomic E-state index is -0.417. The number of rotatable bonds is 6. The van der Waals surface area contributed by atoms with Crippen LogP contribution < -0.4 is 20.5 Å². The number of hydrogen-bond donors (Lipinski definition) is 3. The highest BCUT2D eigenvalue weighted by molar-refractivity contribution is 7.10. The molecule has 1 aromatic carbocycles. The van der Waals surface area contributed by atoms with Gasteiger partial charge in [0, 0.05) is 17.9 Å². The Morgan fingerprint density at radius 2 is 1.96 bits per heavy atom. The largest absolute Gasteiger partial charge is 0.484 e. The molecule has 1 aromatic heterocycles. The van der Waals surface area contributed by atoms with Crippen molar-refractivity contribution in [2.75, 3.05) is 19.7 Å². The van der Waals surface area contributed by atoms with Gasteiger partial charge in [0.25, 0.3) is 11.8 Å². The van der Waals surface area contributed by atoms with E-state index in [4.69, 9.17) is 16.3 Å². The van der Waals surface area contributed by atoms with Gasteiger partial charge in [-0.2, -0.15) is 0 Å². The summed E-state index contributed by atoms with van der Waals surface area (Å²) in [5, 5.41) is 2.66. The first-order chi connectivity index (χ1) is 12.6. The quantitative estimate of drug-likeness (QED) is 0.647. The minimum absolute atomic E-state index is 0.184. The molecule has 0 spiro atoms. The molecule has 0 radical (unpaired) electrons. The van der Waals surface area contributed by atoms with E-state index in [0.717, 1.165) is 19.4 Å². The van der Waals surface area contributed by atoms with Crippen LogP contribution in [-0.4, -0.2) is 31.5 Å². The van der Waals surface area contributed by atoms with Gasteiger partial charge in [-0.25, -0.2) is 0 Å². The van der Waals surface area contributed by atoms with Gasteiger partial charge in [0.1, 0.15) is 11.8 Å². The first-order valence-electron chi connectivity index (χ1n) is 8.46. The van der Waals surface area contributed by atoms with E-state index in [0.29, 0.717) is 23.4 Å². The minimum Gasteiger partial charge on any atom is -0.484 e. The third kappa shape index (κ3) is 5.20. The Hall–Kier alpha value is -2.09. The van der Waals surface area contributed by atoms with E-state index in [1.165, 1.54) is 9.78 Å². The Morgan fingerprint density at radius 1 is 1.19 bits per heavy atom. The summed E-state index contributed by atoms with van der Waals surface area (Å²) in [7, 11) is 0. The Kier molecular flexibility index (Phi) is 6.49. The third-order valence-electron chi connectivity index (χ3n) is 4.28. The molecule has 2 amide bonds. The van der Waals surface area contributed by atoms with Crippen molar-refractivity contribution >= 4 is 34.8 Å². The number of nitrogens with one attached hydrogen (secondary N) is 3. The first-order valence-corrected chi connectivity index (χ1v) is 9.71. The summed E-state index contributed by atoms with van der Waals surface area (Å²) in [6.07, 6.45) is 2.19. The van der Waals surface area contributed by atoms with Crippen molar-refractivity contribution < 1.29 is 19.2 Å². The third-order valence-corrected chi connectivity index (χ3v) is 5.52. The molecule has 1 saturated heterocycles. The number of halogens is 1. The average Bonchev–Trinajstić information content (AvgIpc) is 3.31. The van der Waals surface area contributed by atoms with E-state index in [-0.39, 0.29) is 12.5 Å². The smallest absolute Gasteiger partial charge is 0.293 e. The molecule has 2 atom stereocenters. The zero-order valence-electron chi connectivity index (χ0n) is 14.2. The van der Waals surface area contributed by atoms with Gasteiger partial charge >= 0.3 is 0 Å². The van der Waals surface area contributed by atoms with Crippen LogP contribution in [0.5, 0.6) is 5.75 Å². The maximum absolute atomic E-state index is 12.1. The second kappa shape index (κ2) is 9.02. The van der Waals surface area contributed by atoms with Crippen LogP contribution in [0.3, 0.4) is 0 Å². The van der Waals surface area contributed by atoms with Crippen molar-refractivity contribution in [3.05, 3.63) is 51.7 Å². The summed E-state index contributed by atoms with van der Waals surface area (Å²) in [4.78, 5) is 26.5. The molecule has 1 fully saturated rings. The Bertz CT molecular complexity index is 737. The van der Waals surface area contributed by atoms with E-state index in [1.807, 2.05) is 6.07 Å². The molecule has 1 aliphatic rings. The van der Waals surface area contributed by atoms with Crippen LogP contribution in [0, 0.1) is 0 Å². The predicted molar refractivity (Wildman–Crippen MR) is 100 cm³/mol. The van der Waals surface area contributed by atoms with Gasteiger partial charge in [0.05, 0.1) is 11.4 Å². The lowest BCUT2D eigenvalue weighted by atomic mass is 10.2. The highest BCUT2D eigenvalue weighted by atomic mass is 35.5. The molecule has 3 rings (SSSR count). The van der Waals surface area contributed by atoms with Crippen LogP contribution in [0.2, 0.25) is 5.02 Å². The van der Waals surface area contributed by atoms with E-state index in [9.17, 15) is 9.59 Å². The normalized spacial score (nSPS) is 19.1. The molecule has 0 bridgehead atoms. The molecule has 2 heterocycles. The highest BCUT2D eigenvalue weighted by Crippen LogP contribution is 2.23. The molecule has 138 valence electrons. The van der Waals surface area contributed by atoms with Crippen LogP contribution in [0.4, 0.5) is 0 Å². The van der Waals surface area contributed by atoms with E-state index >= 15 is 0 Å². The van der Waals surface area contributed by atoms with Gasteiger partial charge in [0.2, 0.25) is 0 Å². The molecule has 6 nitrogen and oxygen atoms in total. The number of carbonyl (C=O) groups excluding carboxylic acids is 2. The Balaban J connectivity index is 1.39. The SMILES string of the molecule is O=C(COc1ccc(Cl)cc1)NNC(=O)C[NH+]1CCC[C@H]1c1cccs1. The number of hydrazine groups is 1. The standard InChI is InChI=1S/C18H20ClN3O3S/c19-13-5-7-14(8-6-13)25-12-18(24)21-20-17(23)11-22-9-1-3-15(22)16-4-2-10-26-16/h2,4-8,10,15H,1,3,9,11-12H2,(H,20,23)(H,21,24)/p+1/t15-/m0/s1. The number of likely N-dealkylation sites (tertiary alicyclic amines) is 1. The number of carbonyl (C=O) groups is 2. The van der Waals surface area contributed by atoms with Crippen molar-refractivity contribution in [2.45, 2.75) is 18.9 Å². The number of thiophene rings is 1. The van der Waals surface area contributed by atoms with Crippen LogP contribution in [0.1, 0.15) is 23.8 Å². The second-order valence-corrected chi connectivity index (χ2v) is 7.55. The van der Waals surface area contributed by atoms with Gasteiger partial charge in [0.15, 0.2) is 13.2 Å². The monoisotopic (exact) mass is 394 g/mol. The fraction of sp³-hybridized carbons (Fsp3) is 0.333. The number of hydrogen-bond acceptors (Lipinski definition) is 4.